The lowest BCUT2D eigenvalue weighted by Gasteiger charge is -2.15. The van der Waals surface area contributed by atoms with Gasteiger partial charge in [0.1, 0.15) is 6.79 Å². The summed E-state index contributed by atoms with van der Waals surface area (Å²) in [5.74, 6) is -1.77. The summed E-state index contributed by atoms with van der Waals surface area (Å²) >= 11 is 3.16. The highest BCUT2D eigenvalue weighted by Gasteiger charge is 2.14. The van der Waals surface area contributed by atoms with Gasteiger partial charge in [0.15, 0.2) is 11.6 Å². The molecule has 0 fully saturated rings. The molecule has 1 aromatic carbocycles. The highest BCUT2D eigenvalue weighted by molar-refractivity contribution is 9.10. The molecule has 0 aliphatic rings. The average molecular weight is 295 g/mol. The molecule has 16 heavy (non-hydrogen) atoms. The Kier molecular flexibility index (Phi) is 5.31. The van der Waals surface area contributed by atoms with Crippen LogP contribution in [-0.2, 0) is 9.47 Å². The predicted molar refractivity (Wildman–Crippen MR) is 60.1 cm³/mol. The smallest absolute Gasteiger partial charge is 0.159 e. The maximum Gasteiger partial charge on any atom is 0.159 e. The van der Waals surface area contributed by atoms with E-state index in [1.807, 2.05) is 6.92 Å². The van der Waals surface area contributed by atoms with Gasteiger partial charge < -0.3 is 9.47 Å². The highest BCUT2D eigenvalue weighted by Crippen LogP contribution is 2.28. The molecule has 0 aromatic heterocycles. The Balaban J connectivity index is 2.75. The minimum Gasteiger partial charge on any atom is -0.356 e. The van der Waals surface area contributed by atoms with E-state index in [2.05, 4.69) is 15.9 Å². The molecule has 90 valence electrons. The third-order valence-corrected chi connectivity index (χ3v) is 2.77. The summed E-state index contributed by atoms with van der Waals surface area (Å²) in [7, 11) is 0. The van der Waals surface area contributed by atoms with Crippen LogP contribution in [0, 0.1) is 11.6 Å². The first-order valence-corrected chi connectivity index (χ1v) is 5.69. The van der Waals surface area contributed by atoms with Crippen molar-refractivity contribution in [1.29, 1.82) is 0 Å². The van der Waals surface area contributed by atoms with Gasteiger partial charge in [0.25, 0.3) is 0 Å². The molecule has 0 aliphatic heterocycles. The first-order chi connectivity index (χ1) is 7.56. The molecule has 0 radical (unpaired) electrons. The van der Waals surface area contributed by atoms with E-state index in [9.17, 15) is 8.78 Å². The van der Waals surface area contributed by atoms with Gasteiger partial charge in [-0.05, 0) is 31.5 Å². The molecule has 1 atom stereocenters. The Morgan fingerprint density at radius 2 is 1.94 bits per heavy atom. The van der Waals surface area contributed by atoms with E-state index < -0.39 is 11.6 Å². The second-order valence-electron chi connectivity index (χ2n) is 3.21. The summed E-state index contributed by atoms with van der Waals surface area (Å²) in [6.07, 6.45) is -0.365. The van der Waals surface area contributed by atoms with Gasteiger partial charge in [-0.1, -0.05) is 15.9 Å². The third kappa shape index (κ3) is 3.50. The van der Waals surface area contributed by atoms with E-state index in [0.717, 1.165) is 12.1 Å². The molecule has 1 rings (SSSR count). The fraction of sp³-hybridized carbons (Fsp3) is 0.455. The number of hydrogen-bond donors (Lipinski definition) is 0. The van der Waals surface area contributed by atoms with Crippen molar-refractivity contribution >= 4 is 15.9 Å². The zero-order chi connectivity index (χ0) is 12.1. The molecule has 0 heterocycles. The number of halogens is 3. The maximum absolute atomic E-state index is 13.0. The van der Waals surface area contributed by atoms with Gasteiger partial charge in [-0.2, -0.15) is 0 Å². The number of benzene rings is 1. The Bertz CT molecular complexity index is 358. The molecular weight excluding hydrogens is 282 g/mol. The lowest BCUT2D eigenvalue weighted by Crippen LogP contribution is -2.06. The average Bonchev–Trinajstić information content (AvgIpc) is 2.23. The van der Waals surface area contributed by atoms with Crippen molar-refractivity contribution in [2.45, 2.75) is 20.0 Å². The van der Waals surface area contributed by atoms with Crippen molar-refractivity contribution in [2.75, 3.05) is 13.4 Å². The standard InChI is InChI=1S/C11H13BrF2O2/c1-3-15-6-16-7(2)8-4-10(13)11(14)5-9(8)12/h4-5,7H,3,6H2,1-2H3/t7-/m1/s1. The van der Waals surface area contributed by atoms with Crippen LogP contribution in [0.15, 0.2) is 16.6 Å². The summed E-state index contributed by atoms with van der Waals surface area (Å²) in [5, 5.41) is 0. The van der Waals surface area contributed by atoms with Gasteiger partial charge in [-0.15, -0.1) is 0 Å². The molecule has 5 heteroatoms. The van der Waals surface area contributed by atoms with E-state index in [-0.39, 0.29) is 12.9 Å². The van der Waals surface area contributed by atoms with Crippen LogP contribution in [0.4, 0.5) is 8.78 Å². The zero-order valence-corrected chi connectivity index (χ0v) is 10.7. The Morgan fingerprint density at radius 1 is 1.31 bits per heavy atom. The molecule has 0 saturated heterocycles. The highest BCUT2D eigenvalue weighted by atomic mass is 79.9. The molecule has 0 spiro atoms. The zero-order valence-electron chi connectivity index (χ0n) is 9.10. The topological polar surface area (TPSA) is 18.5 Å². The van der Waals surface area contributed by atoms with Crippen LogP contribution in [0.1, 0.15) is 25.5 Å². The Morgan fingerprint density at radius 3 is 2.56 bits per heavy atom. The molecule has 0 aliphatic carbocycles. The Labute approximate surface area is 102 Å². The van der Waals surface area contributed by atoms with Crippen LogP contribution >= 0.6 is 15.9 Å². The fourth-order valence-corrected chi connectivity index (χ4v) is 1.81. The van der Waals surface area contributed by atoms with Gasteiger partial charge in [0, 0.05) is 11.1 Å². The summed E-state index contributed by atoms with van der Waals surface area (Å²) in [4.78, 5) is 0. The molecule has 0 amide bonds. The van der Waals surface area contributed by atoms with Crippen molar-refractivity contribution in [1.82, 2.24) is 0 Å². The van der Waals surface area contributed by atoms with Crippen LogP contribution in [0.5, 0.6) is 0 Å². The second-order valence-corrected chi connectivity index (χ2v) is 4.06. The van der Waals surface area contributed by atoms with Gasteiger partial charge in [-0.3, -0.25) is 0 Å². The van der Waals surface area contributed by atoms with Gasteiger partial charge >= 0.3 is 0 Å². The minimum atomic E-state index is -0.884. The van der Waals surface area contributed by atoms with Crippen LogP contribution < -0.4 is 0 Å². The number of rotatable bonds is 5. The van der Waals surface area contributed by atoms with Crippen molar-refractivity contribution in [3.63, 3.8) is 0 Å². The maximum atomic E-state index is 13.0. The third-order valence-electron chi connectivity index (χ3n) is 2.08. The van der Waals surface area contributed by atoms with E-state index in [1.165, 1.54) is 0 Å². The van der Waals surface area contributed by atoms with Crippen molar-refractivity contribution in [2.24, 2.45) is 0 Å². The first-order valence-electron chi connectivity index (χ1n) is 4.90. The van der Waals surface area contributed by atoms with E-state index in [0.29, 0.717) is 16.6 Å². The van der Waals surface area contributed by atoms with Gasteiger partial charge in [0.05, 0.1) is 6.10 Å². The fourth-order valence-electron chi connectivity index (χ4n) is 1.17. The molecule has 0 unspecified atom stereocenters. The quantitative estimate of drug-likeness (QED) is 0.467. The normalized spacial score (nSPS) is 12.8. The van der Waals surface area contributed by atoms with Gasteiger partial charge in [-0.25, -0.2) is 8.78 Å². The predicted octanol–water partition coefficient (Wildman–Crippen LogP) is 3.80. The molecule has 0 N–H and O–H groups in total. The molecule has 2 nitrogen and oxygen atoms in total. The van der Waals surface area contributed by atoms with E-state index in [1.54, 1.807) is 6.92 Å². The molecule has 0 bridgehead atoms. The van der Waals surface area contributed by atoms with E-state index >= 15 is 0 Å². The monoisotopic (exact) mass is 294 g/mol. The molecule has 0 saturated carbocycles. The van der Waals surface area contributed by atoms with Crippen LogP contribution in [0.3, 0.4) is 0 Å². The second kappa shape index (κ2) is 6.27. The van der Waals surface area contributed by atoms with Crippen LogP contribution in [0.25, 0.3) is 0 Å². The Hall–Kier alpha value is -0.520. The molecular formula is C11H13BrF2O2. The van der Waals surface area contributed by atoms with Crippen molar-refractivity contribution in [3.8, 4) is 0 Å². The minimum absolute atomic E-state index is 0.128. The van der Waals surface area contributed by atoms with Gasteiger partial charge in [0.2, 0.25) is 0 Å². The van der Waals surface area contributed by atoms with Crippen LogP contribution in [-0.4, -0.2) is 13.4 Å². The lowest BCUT2D eigenvalue weighted by atomic mass is 10.1. The van der Waals surface area contributed by atoms with Crippen LogP contribution in [0.2, 0.25) is 0 Å². The number of ether oxygens (including phenoxy) is 2. The SMILES string of the molecule is CCOCO[C@H](C)c1cc(F)c(F)cc1Br. The number of hydrogen-bond acceptors (Lipinski definition) is 2. The van der Waals surface area contributed by atoms with E-state index in [4.69, 9.17) is 9.47 Å². The largest absolute Gasteiger partial charge is 0.356 e. The summed E-state index contributed by atoms with van der Waals surface area (Å²) in [6.45, 7) is 4.27. The van der Waals surface area contributed by atoms with Crippen molar-refractivity contribution in [3.05, 3.63) is 33.8 Å². The lowest BCUT2D eigenvalue weighted by molar-refractivity contribution is -0.0821. The summed E-state index contributed by atoms with van der Waals surface area (Å²) in [6, 6.07) is 2.21. The first kappa shape index (κ1) is 13.5. The molecule has 1 aromatic rings. The summed E-state index contributed by atoms with van der Waals surface area (Å²) < 4.78 is 36.7. The van der Waals surface area contributed by atoms with Crippen molar-refractivity contribution < 1.29 is 18.3 Å². The summed E-state index contributed by atoms with van der Waals surface area (Å²) in [5.41, 5.74) is 0.554.